The van der Waals surface area contributed by atoms with Crippen molar-refractivity contribution < 1.29 is 14.3 Å². The Hall–Kier alpha value is -2.61. The molecule has 1 saturated carbocycles. The zero-order chi connectivity index (χ0) is 22.3. The summed E-state index contributed by atoms with van der Waals surface area (Å²) in [6, 6.07) is 5.15. The number of ether oxygens (including phenoxy) is 1. The molecule has 2 atom stereocenters. The van der Waals surface area contributed by atoms with Crippen LogP contribution in [0.1, 0.15) is 50.9 Å². The Kier molecular flexibility index (Phi) is 5.68. The fourth-order valence-corrected chi connectivity index (χ4v) is 4.73. The molecule has 5 rings (SSSR count). The zero-order valence-electron chi connectivity index (χ0n) is 18.2. The monoisotopic (exact) mass is 445 g/mol. The van der Waals surface area contributed by atoms with E-state index in [1.165, 1.54) is 4.80 Å². The predicted octanol–water partition coefficient (Wildman–Crippen LogP) is 3.68. The molecule has 2 bridgehead atoms. The first kappa shape index (κ1) is 21.6. The highest BCUT2D eigenvalue weighted by molar-refractivity contribution is 6.31. The summed E-state index contributed by atoms with van der Waals surface area (Å²) in [5, 5.41) is 11.7. The molecule has 3 fully saturated rings. The Bertz CT molecular complexity index is 966. The van der Waals surface area contributed by atoms with Gasteiger partial charge in [0, 0.05) is 17.6 Å². The van der Waals surface area contributed by atoms with Crippen molar-refractivity contribution in [3.05, 3.63) is 41.2 Å². The van der Waals surface area contributed by atoms with Crippen molar-refractivity contribution in [1.82, 2.24) is 25.2 Å². The molecular weight excluding hydrogens is 418 g/mol. The van der Waals surface area contributed by atoms with Crippen molar-refractivity contribution in [2.45, 2.75) is 58.2 Å². The Morgan fingerprint density at radius 3 is 2.55 bits per heavy atom. The number of carbonyl (C=O) groups excluding carboxylic acids is 2. The number of carbonyl (C=O) groups is 2. The third kappa shape index (κ3) is 4.39. The summed E-state index contributed by atoms with van der Waals surface area (Å²) in [4.78, 5) is 29.4. The molecule has 0 spiro atoms. The molecule has 2 saturated heterocycles. The van der Waals surface area contributed by atoms with Crippen molar-refractivity contribution in [2.24, 2.45) is 11.8 Å². The summed E-state index contributed by atoms with van der Waals surface area (Å²) in [5.41, 5.74) is 0.447. The number of benzene rings is 1. The molecule has 8 nitrogen and oxygen atoms in total. The van der Waals surface area contributed by atoms with Gasteiger partial charge in [-0.1, -0.05) is 18.5 Å². The molecule has 2 aliphatic heterocycles. The lowest BCUT2D eigenvalue weighted by Crippen LogP contribution is -2.65. The van der Waals surface area contributed by atoms with E-state index in [1.807, 2.05) is 25.7 Å². The lowest BCUT2D eigenvalue weighted by molar-refractivity contribution is -0.0544. The maximum absolute atomic E-state index is 13.8. The molecule has 1 aliphatic carbocycles. The van der Waals surface area contributed by atoms with Gasteiger partial charge in [0.1, 0.15) is 5.60 Å². The number of hydrogen-bond donors (Lipinski definition) is 1. The third-order valence-electron chi connectivity index (χ3n) is 6.16. The average molecular weight is 446 g/mol. The Labute approximate surface area is 186 Å². The predicted molar refractivity (Wildman–Crippen MR) is 116 cm³/mol. The molecule has 3 aliphatic rings. The lowest BCUT2D eigenvalue weighted by Gasteiger charge is -2.57. The second-order valence-electron chi connectivity index (χ2n) is 9.39. The van der Waals surface area contributed by atoms with Crippen molar-refractivity contribution in [3.63, 3.8) is 0 Å². The van der Waals surface area contributed by atoms with Gasteiger partial charge in [0.05, 0.1) is 29.7 Å². The molecule has 0 radical (unpaired) electrons. The second kappa shape index (κ2) is 8.15. The highest BCUT2D eigenvalue weighted by Crippen LogP contribution is 2.47. The molecule has 1 aromatic carbocycles. The second-order valence-corrected chi connectivity index (χ2v) is 9.82. The van der Waals surface area contributed by atoms with E-state index in [2.05, 4.69) is 22.4 Å². The van der Waals surface area contributed by atoms with E-state index in [9.17, 15) is 9.59 Å². The number of piperidine rings is 2. The Morgan fingerprint density at radius 2 is 1.90 bits per heavy atom. The first-order valence-corrected chi connectivity index (χ1v) is 11.0. The number of nitrogens with zero attached hydrogens (tertiary/aromatic N) is 4. The maximum Gasteiger partial charge on any atom is 0.407 e. The van der Waals surface area contributed by atoms with Crippen LogP contribution in [-0.4, -0.2) is 56.1 Å². The SMILES string of the molecule is C[C@@H]1C2CC(C2)N(C(=O)c2cc(Cl)ccc2-n2nccn2)[C@@H]1CNC(=O)OC(C)(C)C. The number of rotatable bonds is 4. The van der Waals surface area contributed by atoms with Gasteiger partial charge in [-0.05, 0) is 63.6 Å². The summed E-state index contributed by atoms with van der Waals surface area (Å²) in [6.45, 7) is 7.96. The van der Waals surface area contributed by atoms with Crippen LogP contribution in [0.3, 0.4) is 0 Å². The topological polar surface area (TPSA) is 89.4 Å². The Morgan fingerprint density at radius 1 is 1.23 bits per heavy atom. The minimum Gasteiger partial charge on any atom is -0.444 e. The quantitative estimate of drug-likeness (QED) is 0.775. The molecule has 0 unspecified atom stereocenters. The van der Waals surface area contributed by atoms with Crippen LogP contribution in [0, 0.1) is 11.8 Å². The van der Waals surface area contributed by atoms with Crippen molar-refractivity contribution in [2.75, 3.05) is 6.54 Å². The summed E-state index contributed by atoms with van der Waals surface area (Å²) < 4.78 is 5.38. The number of halogens is 1. The Balaban J connectivity index is 1.60. The van der Waals surface area contributed by atoms with Gasteiger partial charge in [-0.2, -0.15) is 15.0 Å². The van der Waals surface area contributed by atoms with E-state index < -0.39 is 11.7 Å². The molecule has 2 amide bonds. The summed E-state index contributed by atoms with van der Waals surface area (Å²) in [7, 11) is 0. The van der Waals surface area contributed by atoms with E-state index in [4.69, 9.17) is 16.3 Å². The summed E-state index contributed by atoms with van der Waals surface area (Å²) in [6.07, 6.45) is 4.61. The standard InChI is InChI=1S/C22H28ClN5O3/c1-13-14-9-16(10-14)27(19(13)12-24-21(30)31-22(2,3)4)20(29)17-11-15(23)5-6-18(17)28-25-7-8-26-28/h5-8,11,13-14,16,19H,9-10,12H2,1-4H3,(H,24,30)/t13-,14?,16?,19-/m1/s1. The smallest absolute Gasteiger partial charge is 0.407 e. The largest absolute Gasteiger partial charge is 0.444 e. The van der Waals surface area contributed by atoms with Gasteiger partial charge in [-0.3, -0.25) is 4.79 Å². The normalized spacial score (nSPS) is 25.0. The first-order chi connectivity index (χ1) is 14.6. The minimum absolute atomic E-state index is 0.124. The van der Waals surface area contributed by atoms with Crippen molar-refractivity contribution >= 4 is 23.6 Å². The van der Waals surface area contributed by atoms with E-state index in [0.717, 1.165) is 12.8 Å². The number of aromatic nitrogens is 3. The van der Waals surface area contributed by atoms with E-state index >= 15 is 0 Å². The fourth-order valence-electron chi connectivity index (χ4n) is 4.56. The summed E-state index contributed by atoms with van der Waals surface area (Å²) in [5.74, 6) is 0.696. The van der Waals surface area contributed by atoms with Gasteiger partial charge in [-0.25, -0.2) is 4.79 Å². The van der Waals surface area contributed by atoms with Crippen LogP contribution in [-0.2, 0) is 4.74 Å². The van der Waals surface area contributed by atoms with Crippen molar-refractivity contribution in [3.8, 4) is 5.69 Å². The van der Waals surface area contributed by atoms with Crippen LogP contribution in [0.15, 0.2) is 30.6 Å². The molecule has 2 aromatic rings. The van der Waals surface area contributed by atoms with Crippen LogP contribution >= 0.6 is 11.6 Å². The molecule has 1 N–H and O–H groups in total. The summed E-state index contributed by atoms with van der Waals surface area (Å²) >= 11 is 6.24. The number of nitrogens with one attached hydrogen (secondary N) is 1. The molecule has 9 heteroatoms. The number of amides is 2. The molecule has 3 heterocycles. The minimum atomic E-state index is -0.577. The average Bonchev–Trinajstić information content (AvgIpc) is 3.18. The number of hydrogen-bond acceptors (Lipinski definition) is 5. The molecule has 31 heavy (non-hydrogen) atoms. The maximum atomic E-state index is 13.8. The molecule has 166 valence electrons. The van der Waals surface area contributed by atoms with Gasteiger partial charge in [0.15, 0.2) is 0 Å². The highest BCUT2D eigenvalue weighted by atomic mass is 35.5. The number of fused-ring (bicyclic) bond motifs is 2. The van der Waals surface area contributed by atoms with Gasteiger partial charge in [-0.15, -0.1) is 0 Å². The van der Waals surface area contributed by atoms with Gasteiger partial charge in [0.25, 0.3) is 5.91 Å². The van der Waals surface area contributed by atoms with Crippen LogP contribution in [0.25, 0.3) is 5.69 Å². The van der Waals surface area contributed by atoms with Gasteiger partial charge in [0.2, 0.25) is 0 Å². The zero-order valence-corrected chi connectivity index (χ0v) is 19.0. The first-order valence-electron chi connectivity index (χ1n) is 10.6. The molecule has 1 aromatic heterocycles. The fraction of sp³-hybridized carbons (Fsp3) is 0.545. The van der Waals surface area contributed by atoms with Crippen LogP contribution in [0.4, 0.5) is 4.79 Å². The third-order valence-corrected chi connectivity index (χ3v) is 6.40. The van der Waals surface area contributed by atoms with Gasteiger partial charge >= 0.3 is 6.09 Å². The van der Waals surface area contributed by atoms with Crippen molar-refractivity contribution in [1.29, 1.82) is 0 Å². The van der Waals surface area contributed by atoms with E-state index in [0.29, 0.717) is 28.7 Å². The van der Waals surface area contributed by atoms with E-state index in [1.54, 1.807) is 30.6 Å². The highest BCUT2D eigenvalue weighted by Gasteiger charge is 2.51. The lowest BCUT2D eigenvalue weighted by atomic mass is 9.64. The van der Waals surface area contributed by atoms with Crippen LogP contribution in [0.2, 0.25) is 5.02 Å². The number of alkyl carbamates (subject to hydrolysis) is 1. The van der Waals surface area contributed by atoms with E-state index in [-0.39, 0.29) is 23.9 Å². The van der Waals surface area contributed by atoms with Gasteiger partial charge < -0.3 is 15.0 Å². The van der Waals surface area contributed by atoms with Crippen LogP contribution < -0.4 is 5.32 Å². The van der Waals surface area contributed by atoms with Crippen LogP contribution in [0.5, 0.6) is 0 Å². The molecular formula is C22H28ClN5O3.